The SMILES string of the molecule is Cc1ccc(CNC(=O)c2ccnc(N)c2F)cc1. The number of hydrogen-bond acceptors (Lipinski definition) is 3. The van der Waals surface area contributed by atoms with E-state index in [1.807, 2.05) is 31.2 Å². The molecule has 3 N–H and O–H groups in total. The van der Waals surface area contributed by atoms with E-state index in [0.717, 1.165) is 11.1 Å². The molecule has 0 unspecified atom stereocenters. The molecule has 2 aromatic rings. The van der Waals surface area contributed by atoms with Gasteiger partial charge in [-0.1, -0.05) is 29.8 Å². The second kappa shape index (κ2) is 5.48. The standard InChI is InChI=1S/C14H14FN3O/c1-9-2-4-10(5-3-9)8-18-14(19)11-6-7-17-13(16)12(11)15/h2-7H,8H2,1H3,(H2,16,17)(H,18,19). The highest BCUT2D eigenvalue weighted by atomic mass is 19.1. The molecule has 0 spiro atoms. The van der Waals surface area contributed by atoms with E-state index in [4.69, 9.17) is 5.73 Å². The van der Waals surface area contributed by atoms with E-state index in [1.54, 1.807) is 0 Å². The van der Waals surface area contributed by atoms with E-state index in [9.17, 15) is 9.18 Å². The minimum Gasteiger partial charge on any atom is -0.381 e. The van der Waals surface area contributed by atoms with Crippen molar-refractivity contribution in [1.82, 2.24) is 10.3 Å². The quantitative estimate of drug-likeness (QED) is 0.886. The monoisotopic (exact) mass is 259 g/mol. The number of anilines is 1. The molecule has 0 saturated carbocycles. The van der Waals surface area contributed by atoms with Crippen molar-refractivity contribution in [3.8, 4) is 0 Å². The molecule has 5 heteroatoms. The van der Waals surface area contributed by atoms with Crippen molar-refractivity contribution >= 4 is 11.7 Å². The summed E-state index contributed by atoms with van der Waals surface area (Å²) in [6, 6.07) is 9.02. The first-order valence-corrected chi connectivity index (χ1v) is 5.81. The Balaban J connectivity index is 2.05. The Morgan fingerprint density at radius 2 is 2.00 bits per heavy atom. The number of nitrogens with one attached hydrogen (secondary N) is 1. The van der Waals surface area contributed by atoms with Crippen LogP contribution in [-0.2, 0) is 6.54 Å². The smallest absolute Gasteiger partial charge is 0.254 e. The van der Waals surface area contributed by atoms with Crippen LogP contribution in [-0.4, -0.2) is 10.9 Å². The highest BCUT2D eigenvalue weighted by molar-refractivity contribution is 5.95. The number of amides is 1. The Bertz CT molecular complexity index is 596. The lowest BCUT2D eigenvalue weighted by molar-refractivity contribution is 0.0947. The van der Waals surface area contributed by atoms with Gasteiger partial charge in [0.05, 0.1) is 5.56 Å². The van der Waals surface area contributed by atoms with Crippen molar-refractivity contribution in [3.05, 3.63) is 59.0 Å². The number of carbonyl (C=O) groups excluding carboxylic acids is 1. The zero-order chi connectivity index (χ0) is 13.8. The molecule has 2 rings (SSSR count). The third kappa shape index (κ3) is 3.07. The van der Waals surface area contributed by atoms with Crippen LogP contribution in [0.25, 0.3) is 0 Å². The number of hydrogen-bond donors (Lipinski definition) is 2. The number of aryl methyl sites for hydroxylation is 1. The fraction of sp³-hybridized carbons (Fsp3) is 0.143. The third-order valence-electron chi connectivity index (χ3n) is 2.73. The molecular weight excluding hydrogens is 245 g/mol. The Morgan fingerprint density at radius 3 is 2.68 bits per heavy atom. The van der Waals surface area contributed by atoms with Crippen LogP contribution in [0.1, 0.15) is 21.5 Å². The second-order valence-corrected chi connectivity index (χ2v) is 4.23. The molecule has 1 aromatic carbocycles. The van der Waals surface area contributed by atoms with E-state index < -0.39 is 11.7 Å². The molecule has 0 fully saturated rings. The van der Waals surface area contributed by atoms with Gasteiger partial charge in [0, 0.05) is 12.7 Å². The first-order chi connectivity index (χ1) is 9.08. The normalized spacial score (nSPS) is 10.2. The predicted molar refractivity (Wildman–Crippen MR) is 71.0 cm³/mol. The number of aromatic nitrogens is 1. The van der Waals surface area contributed by atoms with Crippen molar-refractivity contribution in [2.45, 2.75) is 13.5 Å². The van der Waals surface area contributed by atoms with Gasteiger partial charge < -0.3 is 11.1 Å². The van der Waals surface area contributed by atoms with E-state index in [2.05, 4.69) is 10.3 Å². The van der Waals surface area contributed by atoms with Gasteiger partial charge >= 0.3 is 0 Å². The Kier molecular flexibility index (Phi) is 3.75. The molecule has 1 aromatic heterocycles. The highest BCUT2D eigenvalue weighted by Crippen LogP contribution is 2.12. The molecule has 1 amide bonds. The minimum absolute atomic E-state index is 0.0976. The number of carbonyl (C=O) groups is 1. The van der Waals surface area contributed by atoms with Gasteiger partial charge in [-0.2, -0.15) is 0 Å². The van der Waals surface area contributed by atoms with E-state index in [-0.39, 0.29) is 11.4 Å². The fourth-order valence-electron chi connectivity index (χ4n) is 1.62. The van der Waals surface area contributed by atoms with Crippen LogP contribution in [0.15, 0.2) is 36.5 Å². The van der Waals surface area contributed by atoms with Gasteiger partial charge in [-0.3, -0.25) is 4.79 Å². The topological polar surface area (TPSA) is 68.0 Å². The molecule has 0 aliphatic carbocycles. The molecule has 0 aliphatic rings. The van der Waals surface area contributed by atoms with Crippen LogP contribution < -0.4 is 11.1 Å². The zero-order valence-electron chi connectivity index (χ0n) is 10.5. The average molecular weight is 259 g/mol. The average Bonchev–Trinajstić information content (AvgIpc) is 2.41. The Labute approximate surface area is 110 Å². The maximum absolute atomic E-state index is 13.6. The molecule has 0 atom stereocenters. The van der Waals surface area contributed by atoms with Crippen LogP contribution in [0.5, 0.6) is 0 Å². The van der Waals surface area contributed by atoms with E-state index in [0.29, 0.717) is 6.54 Å². The Morgan fingerprint density at radius 1 is 1.32 bits per heavy atom. The second-order valence-electron chi connectivity index (χ2n) is 4.23. The van der Waals surface area contributed by atoms with E-state index >= 15 is 0 Å². The maximum Gasteiger partial charge on any atom is 0.254 e. The van der Waals surface area contributed by atoms with Crippen molar-refractivity contribution in [1.29, 1.82) is 0 Å². The highest BCUT2D eigenvalue weighted by Gasteiger charge is 2.13. The van der Waals surface area contributed by atoms with Crippen molar-refractivity contribution in [2.75, 3.05) is 5.73 Å². The Hall–Kier alpha value is -2.43. The van der Waals surface area contributed by atoms with Crippen molar-refractivity contribution in [2.24, 2.45) is 0 Å². The van der Waals surface area contributed by atoms with Gasteiger partial charge in [-0.15, -0.1) is 0 Å². The van der Waals surface area contributed by atoms with Crippen LogP contribution in [0.2, 0.25) is 0 Å². The lowest BCUT2D eigenvalue weighted by Crippen LogP contribution is -2.24. The van der Waals surface area contributed by atoms with Gasteiger partial charge in [0.25, 0.3) is 5.91 Å². The summed E-state index contributed by atoms with van der Waals surface area (Å²) in [5, 5.41) is 2.64. The molecule has 19 heavy (non-hydrogen) atoms. The lowest BCUT2D eigenvalue weighted by Gasteiger charge is -2.07. The number of benzene rings is 1. The number of nitrogens with zero attached hydrogens (tertiary/aromatic N) is 1. The summed E-state index contributed by atoms with van der Waals surface area (Å²) in [5.41, 5.74) is 7.31. The molecule has 4 nitrogen and oxygen atoms in total. The minimum atomic E-state index is -0.788. The zero-order valence-corrected chi connectivity index (χ0v) is 10.5. The van der Waals surface area contributed by atoms with Gasteiger partial charge in [0.15, 0.2) is 11.6 Å². The molecule has 98 valence electrons. The summed E-state index contributed by atoms with van der Waals surface area (Å²) < 4.78 is 13.6. The maximum atomic E-state index is 13.6. The summed E-state index contributed by atoms with van der Waals surface area (Å²) in [6.07, 6.45) is 1.30. The van der Waals surface area contributed by atoms with E-state index in [1.165, 1.54) is 12.3 Å². The van der Waals surface area contributed by atoms with Gasteiger partial charge in [0.2, 0.25) is 0 Å². The summed E-state index contributed by atoms with van der Waals surface area (Å²) in [5.74, 6) is -1.57. The van der Waals surface area contributed by atoms with Crippen LogP contribution in [0.3, 0.4) is 0 Å². The lowest BCUT2D eigenvalue weighted by atomic mass is 10.1. The molecule has 0 radical (unpaired) electrons. The summed E-state index contributed by atoms with van der Waals surface area (Å²) in [6.45, 7) is 2.32. The van der Waals surface area contributed by atoms with Gasteiger partial charge in [-0.25, -0.2) is 9.37 Å². The summed E-state index contributed by atoms with van der Waals surface area (Å²) in [4.78, 5) is 15.4. The number of rotatable bonds is 3. The fourth-order valence-corrected chi connectivity index (χ4v) is 1.62. The van der Waals surface area contributed by atoms with Gasteiger partial charge in [-0.05, 0) is 18.6 Å². The number of nitrogens with two attached hydrogens (primary N) is 1. The largest absolute Gasteiger partial charge is 0.381 e. The van der Waals surface area contributed by atoms with Crippen LogP contribution in [0.4, 0.5) is 10.2 Å². The van der Waals surface area contributed by atoms with Gasteiger partial charge in [0.1, 0.15) is 0 Å². The molecule has 0 aliphatic heterocycles. The van der Waals surface area contributed by atoms with Crippen LogP contribution in [0, 0.1) is 12.7 Å². The first-order valence-electron chi connectivity index (χ1n) is 5.81. The molecule has 1 heterocycles. The third-order valence-corrected chi connectivity index (χ3v) is 2.73. The summed E-state index contributed by atoms with van der Waals surface area (Å²) >= 11 is 0. The summed E-state index contributed by atoms with van der Waals surface area (Å²) in [7, 11) is 0. The predicted octanol–water partition coefficient (Wildman–Crippen LogP) is 2.04. The van der Waals surface area contributed by atoms with Crippen molar-refractivity contribution < 1.29 is 9.18 Å². The number of halogens is 1. The van der Waals surface area contributed by atoms with Crippen LogP contribution >= 0.6 is 0 Å². The molecular formula is C14H14FN3O. The number of pyridine rings is 1. The van der Waals surface area contributed by atoms with Crippen molar-refractivity contribution in [3.63, 3.8) is 0 Å². The molecule has 0 bridgehead atoms. The first kappa shape index (κ1) is 13.0. The molecule has 0 saturated heterocycles. The number of nitrogen functional groups attached to an aromatic ring is 1.